The van der Waals surface area contributed by atoms with Gasteiger partial charge in [-0.1, -0.05) is 6.07 Å². The minimum atomic E-state index is -3.36. The van der Waals surface area contributed by atoms with Crippen LogP contribution < -0.4 is 14.5 Å². The Labute approximate surface area is 203 Å². The predicted octanol–water partition coefficient (Wildman–Crippen LogP) is 3.99. The standard InChI is InChI=1S/C26H24FN3O4S/c1-35(33,34)30-15-13-18-16-19(9-12-23(18)30)26(32)29-14-3-4-21-22(5-2-6-24(21)29)28-25(31)17-7-10-20(27)11-8-17/h2,5-12,16H,3-4,13-15H2,1H3,(H,28,31). The van der Waals surface area contributed by atoms with Crippen molar-refractivity contribution in [2.24, 2.45) is 0 Å². The molecule has 0 saturated carbocycles. The summed E-state index contributed by atoms with van der Waals surface area (Å²) in [5, 5.41) is 2.90. The lowest BCUT2D eigenvalue weighted by molar-refractivity contribution is 0.0984. The van der Waals surface area contributed by atoms with Gasteiger partial charge in [-0.2, -0.15) is 0 Å². The van der Waals surface area contributed by atoms with Gasteiger partial charge in [-0.05, 0) is 85.0 Å². The van der Waals surface area contributed by atoms with Gasteiger partial charge in [0.2, 0.25) is 10.0 Å². The Morgan fingerprint density at radius 2 is 1.66 bits per heavy atom. The van der Waals surface area contributed by atoms with Crippen LogP contribution in [0.5, 0.6) is 0 Å². The number of anilines is 3. The lowest BCUT2D eigenvalue weighted by Gasteiger charge is -2.31. The third kappa shape index (κ3) is 4.39. The smallest absolute Gasteiger partial charge is 0.258 e. The maximum Gasteiger partial charge on any atom is 0.258 e. The summed E-state index contributed by atoms with van der Waals surface area (Å²) in [7, 11) is -3.36. The lowest BCUT2D eigenvalue weighted by atomic mass is 9.98. The molecule has 5 rings (SSSR count). The Morgan fingerprint density at radius 1 is 0.914 bits per heavy atom. The average Bonchev–Trinajstić information content (AvgIpc) is 3.28. The number of nitrogens with one attached hydrogen (secondary N) is 1. The van der Waals surface area contributed by atoms with Crippen LogP contribution in [0.3, 0.4) is 0 Å². The van der Waals surface area contributed by atoms with Crippen molar-refractivity contribution >= 4 is 38.9 Å². The van der Waals surface area contributed by atoms with Crippen molar-refractivity contribution < 1.29 is 22.4 Å². The summed E-state index contributed by atoms with van der Waals surface area (Å²) in [4.78, 5) is 27.9. The van der Waals surface area contributed by atoms with Gasteiger partial charge in [0.1, 0.15) is 5.82 Å². The number of rotatable bonds is 4. The molecule has 0 radical (unpaired) electrons. The van der Waals surface area contributed by atoms with Crippen LogP contribution in [-0.4, -0.2) is 39.6 Å². The molecule has 2 amide bonds. The summed E-state index contributed by atoms with van der Waals surface area (Å²) < 4.78 is 38.6. The molecule has 9 heteroatoms. The highest BCUT2D eigenvalue weighted by Crippen LogP contribution is 2.35. The molecule has 0 spiro atoms. The molecule has 1 N–H and O–H groups in total. The zero-order chi connectivity index (χ0) is 24.7. The van der Waals surface area contributed by atoms with E-state index in [4.69, 9.17) is 0 Å². The minimum Gasteiger partial charge on any atom is -0.322 e. The molecule has 0 unspecified atom stereocenters. The van der Waals surface area contributed by atoms with E-state index in [0.29, 0.717) is 48.4 Å². The van der Waals surface area contributed by atoms with Crippen molar-refractivity contribution in [2.45, 2.75) is 19.3 Å². The van der Waals surface area contributed by atoms with Crippen molar-refractivity contribution in [2.75, 3.05) is 33.9 Å². The number of benzene rings is 3. The Hall–Kier alpha value is -3.72. The molecule has 3 aromatic rings. The number of nitrogens with zero attached hydrogens (tertiary/aromatic N) is 2. The second-order valence-electron chi connectivity index (χ2n) is 8.75. The van der Waals surface area contributed by atoms with Gasteiger partial charge < -0.3 is 10.2 Å². The number of hydrogen-bond donors (Lipinski definition) is 1. The van der Waals surface area contributed by atoms with Crippen molar-refractivity contribution in [1.82, 2.24) is 0 Å². The van der Waals surface area contributed by atoms with Crippen LogP contribution in [-0.2, 0) is 22.9 Å². The number of hydrogen-bond acceptors (Lipinski definition) is 4. The molecular weight excluding hydrogens is 469 g/mol. The van der Waals surface area contributed by atoms with Crippen LogP contribution in [0.4, 0.5) is 21.5 Å². The van der Waals surface area contributed by atoms with Crippen LogP contribution in [0.15, 0.2) is 60.7 Å². The highest BCUT2D eigenvalue weighted by atomic mass is 32.2. The van der Waals surface area contributed by atoms with Crippen molar-refractivity contribution in [3.05, 3.63) is 88.7 Å². The number of amides is 2. The molecule has 7 nitrogen and oxygen atoms in total. The summed E-state index contributed by atoms with van der Waals surface area (Å²) in [5.74, 6) is -0.937. The number of halogens is 1. The topological polar surface area (TPSA) is 86.8 Å². The summed E-state index contributed by atoms with van der Waals surface area (Å²) >= 11 is 0. The van der Waals surface area contributed by atoms with Crippen LogP contribution in [0, 0.1) is 5.82 Å². The molecule has 0 atom stereocenters. The van der Waals surface area contributed by atoms with Gasteiger partial charge >= 0.3 is 0 Å². The van der Waals surface area contributed by atoms with Gasteiger partial charge in [0, 0.05) is 35.6 Å². The Morgan fingerprint density at radius 3 is 2.40 bits per heavy atom. The first kappa shape index (κ1) is 23.0. The third-order valence-corrected chi connectivity index (χ3v) is 7.61. The fourth-order valence-corrected chi connectivity index (χ4v) is 5.71. The largest absolute Gasteiger partial charge is 0.322 e. The molecule has 0 aromatic heterocycles. The monoisotopic (exact) mass is 493 g/mol. The maximum absolute atomic E-state index is 13.5. The van der Waals surface area contributed by atoms with Crippen LogP contribution in [0.2, 0.25) is 0 Å². The molecule has 2 heterocycles. The lowest BCUT2D eigenvalue weighted by Crippen LogP contribution is -2.36. The van der Waals surface area contributed by atoms with Crippen molar-refractivity contribution in [3.63, 3.8) is 0 Å². The fraction of sp³-hybridized carbons (Fsp3) is 0.231. The van der Waals surface area contributed by atoms with Crippen LogP contribution >= 0.6 is 0 Å². The van der Waals surface area contributed by atoms with E-state index in [1.54, 1.807) is 35.2 Å². The molecule has 2 aliphatic rings. The van der Waals surface area contributed by atoms with Crippen molar-refractivity contribution in [1.29, 1.82) is 0 Å². The Kier molecular flexibility index (Phi) is 5.80. The molecule has 2 aliphatic heterocycles. The van der Waals surface area contributed by atoms with E-state index in [-0.39, 0.29) is 11.8 Å². The molecule has 0 saturated heterocycles. The van der Waals surface area contributed by atoms with Crippen molar-refractivity contribution in [3.8, 4) is 0 Å². The summed E-state index contributed by atoms with van der Waals surface area (Å²) in [6.07, 6.45) is 3.17. The van der Waals surface area contributed by atoms with E-state index in [0.717, 1.165) is 23.2 Å². The van der Waals surface area contributed by atoms with E-state index in [2.05, 4.69) is 5.32 Å². The fourth-order valence-electron chi connectivity index (χ4n) is 4.75. The zero-order valence-electron chi connectivity index (χ0n) is 19.1. The quantitative estimate of drug-likeness (QED) is 0.595. The van der Waals surface area contributed by atoms with E-state index < -0.39 is 15.8 Å². The third-order valence-electron chi connectivity index (χ3n) is 6.43. The number of carbonyl (C=O) groups excluding carboxylic acids is 2. The molecule has 0 aliphatic carbocycles. The second kappa shape index (κ2) is 8.81. The summed E-state index contributed by atoms with van der Waals surface area (Å²) in [6.45, 7) is 0.906. The molecule has 0 fully saturated rings. The Balaban J connectivity index is 1.42. The molecule has 180 valence electrons. The first-order chi connectivity index (χ1) is 16.7. The SMILES string of the molecule is CS(=O)(=O)N1CCc2cc(C(=O)N3CCCc4c(NC(=O)c5ccc(F)cc5)cccc43)ccc21. The first-order valence-corrected chi connectivity index (χ1v) is 13.2. The number of sulfonamides is 1. The predicted molar refractivity (Wildman–Crippen MR) is 133 cm³/mol. The summed E-state index contributed by atoms with van der Waals surface area (Å²) in [6, 6.07) is 15.9. The van der Waals surface area contributed by atoms with E-state index in [9.17, 15) is 22.4 Å². The number of carbonyl (C=O) groups is 2. The van der Waals surface area contributed by atoms with E-state index >= 15 is 0 Å². The van der Waals surface area contributed by atoms with Gasteiger partial charge in [0.15, 0.2) is 0 Å². The average molecular weight is 494 g/mol. The number of fused-ring (bicyclic) bond motifs is 2. The van der Waals surface area contributed by atoms with Gasteiger partial charge in [0.25, 0.3) is 11.8 Å². The molecule has 0 bridgehead atoms. The van der Waals surface area contributed by atoms with Gasteiger partial charge in [-0.25, -0.2) is 12.8 Å². The summed E-state index contributed by atoms with van der Waals surface area (Å²) in [5.41, 5.74) is 4.50. The first-order valence-electron chi connectivity index (χ1n) is 11.3. The maximum atomic E-state index is 13.5. The normalized spacial score (nSPS) is 14.9. The van der Waals surface area contributed by atoms with Gasteiger partial charge in [-0.3, -0.25) is 13.9 Å². The van der Waals surface area contributed by atoms with Crippen LogP contribution in [0.1, 0.15) is 38.3 Å². The molecular formula is C26H24FN3O4S. The van der Waals surface area contributed by atoms with E-state index in [1.807, 2.05) is 6.07 Å². The minimum absolute atomic E-state index is 0.173. The highest BCUT2D eigenvalue weighted by molar-refractivity contribution is 7.92. The van der Waals surface area contributed by atoms with Gasteiger partial charge in [-0.15, -0.1) is 0 Å². The Bertz CT molecular complexity index is 1440. The highest BCUT2D eigenvalue weighted by Gasteiger charge is 2.29. The molecule has 3 aromatic carbocycles. The molecule has 35 heavy (non-hydrogen) atoms. The van der Waals surface area contributed by atoms with E-state index in [1.165, 1.54) is 34.8 Å². The van der Waals surface area contributed by atoms with Crippen LogP contribution in [0.25, 0.3) is 0 Å². The second-order valence-corrected chi connectivity index (χ2v) is 10.7. The zero-order valence-corrected chi connectivity index (χ0v) is 19.9. The van der Waals surface area contributed by atoms with Gasteiger partial charge in [0.05, 0.1) is 11.9 Å².